The van der Waals surface area contributed by atoms with Gasteiger partial charge in [-0.15, -0.1) is 59.7 Å². The standard InChI is InChI=1S/C7H12O4S2.C7H14O3S2.C5H12O.C2H4O2S.Al.Li.4H/c1-7(2,12-3-6(9)10)13-5-11-4-8;1-7(2,11-4-3-8)12-6-10-5-9;1-5(2,3)6-4;3-1-4-2-5;;;;;;/h4H,3,5H2,1-2H3,(H,9,10);5,8H,3-4,6H2,1-2H3;1-4H3;1,5H,2H2;;;;;;/q;;;;;+1;;;;-1. The third kappa shape index (κ3) is 56.8. The molecule has 0 aliphatic heterocycles. The van der Waals surface area contributed by atoms with Crippen LogP contribution in [0.15, 0.2) is 0 Å². The maximum Gasteiger partial charge on any atom is 1.00 e. The zero-order valence-corrected chi connectivity index (χ0v) is 27.4. The first kappa shape index (κ1) is 51.4. The molecule has 0 atom stereocenters. The van der Waals surface area contributed by atoms with Crippen molar-refractivity contribution in [3.8, 4) is 0 Å². The van der Waals surface area contributed by atoms with Gasteiger partial charge in [0.1, 0.15) is 17.8 Å². The summed E-state index contributed by atoms with van der Waals surface area (Å²) in [5.74, 6) is 0.721. The molecule has 0 bridgehead atoms. The number of carboxylic acid groups (broad SMARTS) is 1. The molecule has 0 unspecified atom stereocenters. The fourth-order valence-corrected chi connectivity index (χ4v) is 4.36. The molecule has 0 rings (SSSR count). The van der Waals surface area contributed by atoms with E-state index >= 15 is 0 Å². The number of ether oxygens (including phenoxy) is 4. The Morgan fingerprint density at radius 1 is 0.842 bits per heavy atom. The van der Waals surface area contributed by atoms with Crippen LogP contribution < -0.4 is 18.9 Å². The van der Waals surface area contributed by atoms with Crippen LogP contribution in [0.5, 0.6) is 0 Å². The fourth-order valence-electron chi connectivity index (χ4n) is 1.05. The molecule has 0 aromatic heterocycles. The van der Waals surface area contributed by atoms with Crippen LogP contribution in [-0.4, -0.2) is 110 Å². The van der Waals surface area contributed by atoms with Crippen LogP contribution in [0.3, 0.4) is 0 Å². The van der Waals surface area contributed by atoms with Gasteiger partial charge < -0.3 is 30.6 Å². The van der Waals surface area contributed by atoms with Gasteiger partial charge in [-0.2, -0.15) is 0 Å². The Bertz CT molecular complexity index is 564. The number of thiol groups is 1. The van der Waals surface area contributed by atoms with Crippen molar-refractivity contribution < 1.29 is 68.6 Å². The van der Waals surface area contributed by atoms with E-state index in [2.05, 4.69) is 26.8 Å². The summed E-state index contributed by atoms with van der Waals surface area (Å²) in [6, 6.07) is 0. The van der Waals surface area contributed by atoms with E-state index < -0.39 is 5.97 Å². The van der Waals surface area contributed by atoms with Crippen LogP contribution in [0.25, 0.3) is 0 Å². The van der Waals surface area contributed by atoms with Crippen molar-refractivity contribution >= 4 is 102 Å². The molecule has 0 spiro atoms. The predicted octanol–water partition coefficient (Wildman–Crippen LogP) is 0.126. The molecule has 0 amide bonds. The molecule has 0 radical (unpaired) electrons. The van der Waals surface area contributed by atoms with Gasteiger partial charge in [0.05, 0.1) is 26.1 Å². The number of thioether (sulfide) groups is 4. The molecule has 0 saturated carbocycles. The van der Waals surface area contributed by atoms with E-state index in [1.165, 1.54) is 23.5 Å². The Balaban J connectivity index is -0.0000000728. The van der Waals surface area contributed by atoms with E-state index in [0.717, 1.165) is 0 Å². The van der Waals surface area contributed by atoms with Gasteiger partial charge >= 0.3 is 24.8 Å². The number of carboxylic acids is 1. The van der Waals surface area contributed by atoms with Gasteiger partial charge in [-0.1, -0.05) is 0 Å². The average molecular weight is 653 g/mol. The Kier molecular flexibility index (Phi) is 45.9. The molecule has 0 aliphatic carbocycles. The smallest absolute Gasteiger partial charge is 1.00 e. The molecule has 38 heavy (non-hydrogen) atoms. The summed E-state index contributed by atoms with van der Waals surface area (Å²) >= 11 is 9.43. The summed E-state index contributed by atoms with van der Waals surface area (Å²) in [4.78, 5) is 39.0. The van der Waals surface area contributed by atoms with Crippen molar-refractivity contribution in [2.75, 3.05) is 43.0 Å². The Morgan fingerprint density at radius 2 is 1.21 bits per heavy atom. The number of aliphatic carboxylic acids is 1. The van der Waals surface area contributed by atoms with Gasteiger partial charge in [0.15, 0.2) is 17.4 Å². The van der Waals surface area contributed by atoms with E-state index in [0.29, 0.717) is 31.1 Å². The van der Waals surface area contributed by atoms with E-state index in [1.54, 1.807) is 30.6 Å². The molecule has 2 N–H and O–H groups in total. The Morgan fingerprint density at radius 3 is 1.45 bits per heavy atom. The quantitative estimate of drug-likeness (QED) is 0.0519. The molecular weight excluding hydrogens is 606 g/mol. The second-order valence-electron chi connectivity index (χ2n) is 7.81. The van der Waals surface area contributed by atoms with Crippen LogP contribution >= 0.6 is 59.7 Å². The topological polar surface area (TPSA) is 146 Å². The van der Waals surface area contributed by atoms with E-state index in [-0.39, 0.29) is 75.6 Å². The molecule has 0 saturated heterocycles. The Labute approximate surface area is 274 Å². The SMILES string of the molecule is CC(C)(SCCO)SCOC=O.CC(C)(SCOC=O)SCC(=O)O.COC(C)(C)C.O=COCS.[AlH3].[H-].[Li+]. The number of carbonyl (C=O) groups excluding carboxylic acids is 3. The van der Waals surface area contributed by atoms with Crippen molar-refractivity contribution in [3.05, 3.63) is 0 Å². The van der Waals surface area contributed by atoms with Gasteiger partial charge in [0, 0.05) is 12.9 Å². The third-order valence-electron chi connectivity index (χ3n) is 2.92. The molecule has 224 valence electrons. The predicted molar refractivity (Wildman–Crippen MR) is 166 cm³/mol. The van der Waals surface area contributed by atoms with Crippen LogP contribution in [0.1, 0.15) is 49.9 Å². The summed E-state index contributed by atoms with van der Waals surface area (Å²) in [6.07, 6.45) is 0. The molecule has 0 aromatic carbocycles. The number of carbonyl (C=O) groups is 4. The normalized spacial score (nSPS) is 10.1. The minimum Gasteiger partial charge on any atom is -1.00 e. The molecule has 0 fully saturated rings. The maximum atomic E-state index is 10.3. The van der Waals surface area contributed by atoms with Gasteiger partial charge in [-0.05, 0) is 48.5 Å². The minimum absolute atomic E-state index is 0. The summed E-state index contributed by atoms with van der Waals surface area (Å²) in [6.45, 7) is 15.3. The van der Waals surface area contributed by atoms with E-state index in [4.69, 9.17) is 19.7 Å². The Hall–Kier alpha value is 0.680. The zero-order valence-electron chi connectivity index (χ0n) is 24.2. The number of aliphatic hydroxyl groups excluding tert-OH is 1. The van der Waals surface area contributed by atoms with Crippen molar-refractivity contribution in [2.24, 2.45) is 0 Å². The van der Waals surface area contributed by atoms with Gasteiger partial charge in [-0.3, -0.25) is 19.2 Å². The third-order valence-corrected chi connectivity index (χ3v) is 8.55. The van der Waals surface area contributed by atoms with Crippen LogP contribution in [0.4, 0.5) is 0 Å². The van der Waals surface area contributed by atoms with Gasteiger partial charge in [-0.25, -0.2) is 0 Å². The number of methoxy groups -OCH3 is 1. The zero-order chi connectivity index (χ0) is 29.1. The first-order chi connectivity index (χ1) is 16.6. The van der Waals surface area contributed by atoms with Crippen LogP contribution in [-0.2, 0) is 38.1 Å². The number of hydrogen-bond donors (Lipinski definition) is 3. The summed E-state index contributed by atoms with van der Waals surface area (Å²) in [5, 5.41) is 17.0. The van der Waals surface area contributed by atoms with E-state index in [9.17, 15) is 14.4 Å². The maximum absolute atomic E-state index is 10.3. The van der Waals surface area contributed by atoms with Crippen molar-refractivity contribution in [3.63, 3.8) is 0 Å². The van der Waals surface area contributed by atoms with Crippen molar-refractivity contribution in [1.82, 2.24) is 0 Å². The summed E-state index contributed by atoms with van der Waals surface area (Å²) < 4.78 is 17.8. The first-order valence-corrected chi connectivity index (χ1v) is 14.9. The summed E-state index contributed by atoms with van der Waals surface area (Å²) in [7, 11) is 1.71. The van der Waals surface area contributed by atoms with Crippen molar-refractivity contribution in [2.45, 2.75) is 62.2 Å². The van der Waals surface area contributed by atoms with Crippen molar-refractivity contribution in [1.29, 1.82) is 0 Å². The molecule has 10 nitrogen and oxygen atoms in total. The molecule has 0 heterocycles. The first-order valence-electron chi connectivity index (χ1n) is 10.3. The average Bonchev–Trinajstić information content (AvgIpc) is 2.78. The molecule has 0 aliphatic rings. The van der Waals surface area contributed by atoms with Crippen LogP contribution in [0.2, 0.25) is 0 Å². The monoisotopic (exact) mass is 652 g/mol. The molecule has 0 aromatic rings. The molecular formula is C21H46AlLiO10S5. The second-order valence-corrected chi connectivity index (χ2v) is 15.0. The largest absolute Gasteiger partial charge is 1.00 e. The van der Waals surface area contributed by atoms with Gasteiger partial charge in [0.25, 0.3) is 19.4 Å². The van der Waals surface area contributed by atoms with Gasteiger partial charge in [0.2, 0.25) is 0 Å². The number of aliphatic hydroxyl groups is 1. The minimum atomic E-state index is -0.838. The summed E-state index contributed by atoms with van der Waals surface area (Å²) in [5.41, 5.74) is 0.0417. The van der Waals surface area contributed by atoms with E-state index in [1.807, 2.05) is 48.5 Å². The number of hydrogen-bond acceptors (Lipinski definition) is 14. The molecule has 17 heteroatoms. The fraction of sp³-hybridized carbons (Fsp3) is 0.810. The van der Waals surface area contributed by atoms with Crippen LogP contribution in [0, 0.1) is 0 Å². The number of rotatable bonds is 16. The second kappa shape index (κ2) is 33.9.